The maximum Gasteiger partial charge on any atom is 0.189 e. The summed E-state index contributed by atoms with van der Waals surface area (Å²) in [5, 5.41) is 4.31. The molecule has 0 aliphatic carbocycles. The Hall–Kier alpha value is -1.49. The van der Waals surface area contributed by atoms with Crippen LogP contribution in [0.4, 0.5) is 0 Å². The van der Waals surface area contributed by atoms with Crippen LogP contribution in [-0.2, 0) is 6.54 Å². The Morgan fingerprint density at radius 3 is 2.79 bits per heavy atom. The first-order valence-electron chi connectivity index (χ1n) is 6.19. The SMILES string of the molecule is CC(C)(C)NC(N)=NCc1cc2cc(Br)ccc2[nH]1. The van der Waals surface area contributed by atoms with Crippen molar-refractivity contribution in [3.63, 3.8) is 0 Å². The van der Waals surface area contributed by atoms with Gasteiger partial charge in [0.2, 0.25) is 0 Å². The average Bonchev–Trinajstić information content (AvgIpc) is 2.66. The average molecular weight is 323 g/mol. The number of nitrogens with one attached hydrogen (secondary N) is 2. The van der Waals surface area contributed by atoms with Crippen molar-refractivity contribution in [2.75, 3.05) is 0 Å². The molecule has 0 aliphatic rings. The molecule has 1 aromatic heterocycles. The first-order chi connectivity index (χ1) is 8.83. The van der Waals surface area contributed by atoms with E-state index in [4.69, 9.17) is 5.73 Å². The van der Waals surface area contributed by atoms with Gasteiger partial charge in [-0.15, -0.1) is 0 Å². The summed E-state index contributed by atoms with van der Waals surface area (Å²) in [7, 11) is 0. The molecule has 4 N–H and O–H groups in total. The summed E-state index contributed by atoms with van der Waals surface area (Å²) in [6, 6.07) is 8.23. The van der Waals surface area contributed by atoms with Gasteiger partial charge in [0.15, 0.2) is 5.96 Å². The second-order valence-corrected chi connectivity index (χ2v) is 6.52. The Balaban J connectivity index is 2.11. The predicted molar refractivity (Wildman–Crippen MR) is 84.2 cm³/mol. The van der Waals surface area contributed by atoms with Crippen LogP contribution in [0.2, 0.25) is 0 Å². The molecule has 0 saturated carbocycles. The molecule has 1 heterocycles. The molecule has 19 heavy (non-hydrogen) atoms. The molecule has 0 radical (unpaired) electrons. The minimum Gasteiger partial charge on any atom is -0.370 e. The lowest BCUT2D eigenvalue weighted by Crippen LogP contribution is -2.44. The Morgan fingerprint density at radius 2 is 2.11 bits per heavy atom. The zero-order valence-corrected chi connectivity index (χ0v) is 13.0. The lowest BCUT2D eigenvalue weighted by atomic mass is 10.1. The van der Waals surface area contributed by atoms with Crippen LogP contribution in [0.1, 0.15) is 26.5 Å². The molecular weight excluding hydrogens is 304 g/mol. The Bertz CT molecular complexity index is 607. The van der Waals surface area contributed by atoms with E-state index in [1.165, 1.54) is 5.39 Å². The van der Waals surface area contributed by atoms with Crippen molar-refractivity contribution >= 4 is 32.8 Å². The number of benzene rings is 1. The first kappa shape index (κ1) is 13.9. The lowest BCUT2D eigenvalue weighted by Gasteiger charge is -2.20. The molecule has 0 unspecified atom stereocenters. The third-order valence-electron chi connectivity index (χ3n) is 2.56. The molecular formula is C14H19BrN4. The Labute approximate surface area is 121 Å². The highest BCUT2D eigenvalue weighted by molar-refractivity contribution is 9.10. The van der Waals surface area contributed by atoms with E-state index in [9.17, 15) is 0 Å². The largest absolute Gasteiger partial charge is 0.370 e. The first-order valence-corrected chi connectivity index (χ1v) is 6.98. The lowest BCUT2D eigenvalue weighted by molar-refractivity contribution is 0.508. The molecule has 4 nitrogen and oxygen atoms in total. The van der Waals surface area contributed by atoms with Gasteiger partial charge < -0.3 is 16.0 Å². The molecule has 1 aromatic carbocycles. The number of halogens is 1. The number of hydrogen-bond acceptors (Lipinski definition) is 1. The van der Waals surface area contributed by atoms with Crippen molar-refractivity contribution in [3.8, 4) is 0 Å². The molecule has 0 bridgehead atoms. The van der Waals surface area contributed by atoms with Crippen molar-refractivity contribution in [3.05, 3.63) is 34.4 Å². The summed E-state index contributed by atoms with van der Waals surface area (Å²) in [4.78, 5) is 7.67. The maximum atomic E-state index is 5.84. The maximum absolute atomic E-state index is 5.84. The van der Waals surface area contributed by atoms with Crippen LogP contribution < -0.4 is 11.1 Å². The highest BCUT2D eigenvalue weighted by atomic mass is 79.9. The van der Waals surface area contributed by atoms with Gasteiger partial charge in [-0.1, -0.05) is 15.9 Å². The zero-order valence-electron chi connectivity index (χ0n) is 11.4. The quantitative estimate of drug-likeness (QED) is 0.587. The number of aromatic amines is 1. The summed E-state index contributed by atoms with van der Waals surface area (Å²) in [5.74, 6) is 0.465. The van der Waals surface area contributed by atoms with E-state index in [1.54, 1.807) is 0 Å². The van der Waals surface area contributed by atoms with Gasteiger partial charge in [-0.3, -0.25) is 0 Å². The number of nitrogens with two attached hydrogens (primary N) is 1. The van der Waals surface area contributed by atoms with Crippen molar-refractivity contribution in [1.82, 2.24) is 10.3 Å². The van der Waals surface area contributed by atoms with Crippen LogP contribution in [0.15, 0.2) is 33.7 Å². The molecule has 0 amide bonds. The number of guanidine groups is 1. The van der Waals surface area contributed by atoms with E-state index in [0.717, 1.165) is 15.7 Å². The van der Waals surface area contributed by atoms with E-state index in [1.807, 2.05) is 12.1 Å². The minimum atomic E-state index is -0.0705. The number of nitrogens with zero attached hydrogens (tertiary/aromatic N) is 1. The Morgan fingerprint density at radius 1 is 1.37 bits per heavy atom. The fourth-order valence-corrected chi connectivity index (χ4v) is 2.22. The second-order valence-electron chi connectivity index (χ2n) is 5.60. The number of aromatic nitrogens is 1. The number of H-pyrrole nitrogens is 1. The molecule has 0 spiro atoms. The third-order valence-corrected chi connectivity index (χ3v) is 3.05. The van der Waals surface area contributed by atoms with Gasteiger partial charge in [0.1, 0.15) is 0 Å². The third kappa shape index (κ3) is 3.99. The molecule has 0 atom stereocenters. The molecule has 102 valence electrons. The van der Waals surface area contributed by atoms with Crippen LogP contribution in [-0.4, -0.2) is 16.5 Å². The van der Waals surface area contributed by atoms with Crippen LogP contribution in [0.5, 0.6) is 0 Å². The van der Waals surface area contributed by atoms with Crippen LogP contribution in [0, 0.1) is 0 Å². The smallest absolute Gasteiger partial charge is 0.189 e. The van der Waals surface area contributed by atoms with E-state index >= 15 is 0 Å². The van der Waals surface area contributed by atoms with Crippen molar-refractivity contribution in [2.24, 2.45) is 10.7 Å². The standard InChI is InChI=1S/C14H19BrN4/c1-14(2,3)19-13(16)17-8-11-7-9-6-10(15)4-5-12(9)18-11/h4-7,18H,8H2,1-3H3,(H3,16,17,19). The highest BCUT2D eigenvalue weighted by Gasteiger charge is 2.09. The predicted octanol–water partition coefficient (Wildman–Crippen LogP) is 3.13. The number of fused-ring (bicyclic) bond motifs is 1. The topological polar surface area (TPSA) is 66.2 Å². The number of hydrogen-bond donors (Lipinski definition) is 3. The fourth-order valence-electron chi connectivity index (χ4n) is 1.84. The van der Waals surface area contributed by atoms with Crippen molar-refractivity contribution < 1.29 is 0 Å². The van der Waals surface area contributed by atoms with E-state index in [-0.39, 0.29) is 5.54 Å². The van der Waals surface area contributed by atoms with E-state index in [0.29, 0.717) is 12.5 Å². The summed E-state index contributed by atoms with van der Waals surface area (Å²) >= 11 is 3.47. The molecule has 0 fully saturated rings. The van der Waals surface area contributed by atoms with Crippen LogP contribution in [0.3, 0.4) is 0 Å². The van der Waals surface area contributed by atoms with E-state index < -0.39 is 0 Å². The molecule has 2 rings (SSSR count). The molecule has 0 aliphatic heterocycles. The van der Waals surface area contributed by atoms with Crippen molar-refractivity contribution in [1.29, 1.82) is 0 Å². The van der Waals surface area contributed by atoms with E-state index in [2.05, 4.69) is 64.1 Å². The normalized spacial score (nSPS) is 12.9. The van der Waals surface area contributed by atoms with Gasteiger partial charge in [-0.25, -0.2) is 4.99 Å². The van der Waals surface area contributed by atoms with Gasteiger partial charge >= 0.3 is 0 Å². The summed E-state index contributed by atoms with van der Waals surface area (Å²) in [6.45, 7) is 6.70. The number of rotatable bonds is 2. The highest BCUT2D eigenvalue weighted by Crippen LogP contribution is 2.20. The van der Waals surface area contributed by atoms with Gasteiger partial charge in [0.25, 0.3) is 0 Å². The second kappa shape index (κ2) is 5.25. The van der Waals surface area contributed by atoms with Crippen molar-refractivity contribution in [2.45, 2.75) is 32.9 Å². The summed E-state index contributed by atoms with van der Waals surface area (Å²) < 4.78 is 1.07. The molecule has 2 aromatic rings. The summed E-state index contributed by atoms with van der Waals surface area (Å²) in [6.07, 6.45) is 0. The zero-order chi connectivity index (χ0) is 14.0. The number of aliphatic imine (C=N–C) groups is 1. The van der Waals surface area contributed by atoms with Crippen LogP contribution >= 0.6 is 15.9 Å². The van der Waals surface area contributed by atoms with Crippen LogP contribution in [0.25, 0.3) is 10.9 Å². The molecule has 5 heteroatoms. The Kier molecular flexibility index (Phi) is 3.85. The van der Waals surface area contributed by atoms with Gasteiger partial charge in [0, 0.05) is 26.6 Å². The summed E-state index contributed by atoms with van der Waals surface area (Å²) in [5.41, 5.74) is 7.93. The minimum absolute atomic E-state index is 0.0705. The monoisotopic (exact) mass is 322 g/mol. The molecule has 0 saturated heterocycles. The fraction of sp³-hybridized carbons (Fsp3) is 0.357. The van der Waals surface area contributed by atoms with Gasteiger partial charge in [-0.05, 0) is 45.0 Å². The van der Waals surface area contributed by atoms with Gasteiger partial charge in [-0.2, -0.15) is 0 Å². The van der Waals surface area contributed by atoms with Gasteiger partial charge in [0.05, 0.1) is 6.54 Å².